The second-order valence-electron chi connectivity index (χ2n) is 6.38. The van der Waals surface area contributed by atoms with E-state index in [1.54, 1.807) is 6.07 Å². The van der Waals surface area contributed by atoms with Gasteiger partial charge >= 0.3 is 0 Å². The molecule has 1 amide bonds. The molecular formula is C16H20ClNO3S. The van der Waals surface area contributed by atoms with Crippen molar-refractivity contribution in [2.75, 3.05) is 6.26 Å². The van der Waals surface area contributed by atoms with Gasteiger partial charge in [0, 0.05) is 23.4 Å². The van der Waals surface area contributed by atoms with Gasteiger partial charge in [0.2, 0.25) is 5.91 Å². The Morgan fingerprint density at radius 2 is 1.82 bits per heavy atom. The minimum Gasteiger partial charge on any atom is -0.336 e. The van der Waals surface area contributed by atoms with Crippen molar-refractivity contribution in [1.29, 1.82) is 0 Å². The van der Waals surface area contributed by atoms with Crippen LogP contribution in [-0.4, -0.2) is 42.8 Å². The van der Waals surface area contributed by atoms with Gasteiger partial charge < -0.3 is 4.90 Å². The van der Waals surface area contributed by atoms with Crippen molar-refractivity contribution in [2.45, 2.75) is 49.4 Å². The van der Waals surface area contributed by atoms with E-state index in [4.69, 9.17) is 11.6 Å². The first-order valence-electron chi connectivity index (χ1n) is 7.59. The number of hydrogen-bond acceptors (Lipinski definition) is 3. The summed E-state index contributed by atoms with van der Waals surface area (Å²) in [7, 11) is -3.03. The standard InChI is InChI=1S/C16H20ClNO3S/c1-22(20,21)14-9-12-6-7-13(10-14)18(12)16(19)8-11-4-2-3-5-15(11)17/h2-5,12-14H,6-10H2,1H3/t12-,13+,14?. The van der Waals surface area contributed by atoms with Crippen molar-refractivity contribution >= 4 is 27.3 Å². The Morgan fingerprint density at radius 1 is 1.23 bits per heavy atom. The number of sulfone groups is 1. The predicted octanol–water partition coefficient (Wildman–Crippen LogP) is 2.45. The highest BCUT2D eigenvalue weighted by molar-refractivity contribution is 7.91. The molecule has 3 atom stereocenters. The molecule has 0 saturated carbocycles. The normalized spacial score (nSPS) is 27.9. The number of halogens is 1. The first-order chi connectivity index (χ1) is 10.4. The molecule has 2 aliphatic rings. The van der Waals surface area contributed by atoms with E-state index in [9.17, 15) is 13.2 Å². The van der Waals surface area contributed by atoms with Gasteiger partial charge in [0.15, 0.2) is 0 Å². The number of piperidine rings is 1. The fourth-order valence-electron chi connectivity index (χ4n) is 3.78. The molecule has 0 aliphatic carbocycles. The van der Waals surface area contributed by atoms with E-state index in [-0.39, 0.29) is 29.7 Å². The van der Waals surface area contributed by atoms with Gasteiger partial charge in [0.25, 0.3) is 0 Å². The van der Waals surface area contributed by atoms with Crippen LogP contribution in [0.2, 0.25) is 5.02 Å². The number of rotatable bonds is 3. The third-order valence-electron chi connectivity index (χ3n) is 4.88. The molecule has 0 spiro atoms. The predicted molar refractivity (Wildman–Crippen MR) is 86.7 cm³/mol. The average Bonchev–Trinajstić information content (AvgIpc) is 2.70. The Labute approximate surface area is 136 Å². The van der Waals surface area contributed by atoms with Crippen molar-refractivity contribution in [3.05, 3.63) is 34.9 Å². The van der Waals surface area contributed by atoms with Gasteiger partial charge in [-0.05, 0) is 37.3 Å². The summed E-state index contributed by atoms with van der Waals surface area (Å²) in [6, 6.07) is 7.50. The molecule has 2 saturated heterocycles. The number of fused-ring (bicyclic) bond motifs is 2. The van der Waals surface area contributed by atoms with E-state index in [2.05, 4.69) is 0 Å². The van der Waals surface area contributed by atoms with E-state index in [1.165, 1.54) is 6.26 Å². The van der Waals surface area contributed by atoms with Crippen LogP contribution in [0.3, 0.4) is 0 Å². The van der Waals surface area contributed by atoms with Crippen LogP contribution in [0.1, 0.15) is 31.2 Å². The number of amides is 1. The Bertz CT molecular complexity index is 674. The molecular weight excluding hydrogens is 322 g/mol. The van der Waals surface area contributed by atoms with Crippen molar-refractivity contribution in [2.24, 2.45) is 0 Å². The zero-order valence-electron chi connectivity index (χ0n) is 12.5. The molecule has 1 aromatic rings. The minimum atomic E-state index is -3.03. The van der Waals surface area contributed by atoms with Gasteiger partial charge in [0.05, 0.1) is 11.7 Å². The second-order valence-corrected chi connectivity index (χ2v) is 9.11. The lowest BCUT2D eigenvalue weighted by molar-refractivity contribution is -0.134. The molecule has 120 valence electrons. The van der Waals surface area contributed by atoms with Crippen LogP contribution in [0.15, 0.2) is 24.3 Å². The van der Waals surface area contributed by atoms with Crippen LogP contribution in [-0.2, 0) is 21.1 Å². The Hall–Kier alpha value is -1.07. The van der Waals surface area contributed by atoms with E-state index in [1.807, 2.05) is 23.1 Å². The summed E-state index contributed by atoms with van der Waals surface area (Å²) in [5.41, 5.74) is 0.832. The molecule has 0 aromatic heterocycles. The summed E-state index contributed by atoms with van der Waals surface area (Å²) in [6.07, 6.45) is 4.55. The van der Waals surface area contributed by atoms with E-state index in [0.717, 1.165) is 18.4 Å². The minimum absolute atomic E-state index is 0.0625. The van der Waals surface area contributed by atoms with Crippen LogP contribution in [0.4, 0.5) is 0 Å². The van der Waals surface area contributed by atoms with Crippen molar-refractivity contribution < 1.29 is 13.2 Å². The lowest BCUT2D eigenvalue weighted by Crippen LogP contribution is -2.50. The molecule has 4 nitrogen and oxygen atoms in total. The molecule has 2 heterocycles. The topological polar surface area (TPSA) is 54.5 Å². The SMILES string of the molecule is CS(=O)(=O)C1C[C@H]2CC[C@@H](C1)N2C(=O)Cc1ccccc1Cl. The quantitative estimate of drug-likeness (QED) is 0.848. The number of hydrogen-bond donors (Lipinski definition) is 0. The maximum absolute atomic E-state index is 12.7. The maximum atomic E-state index is 12.7. The van der Waals surface area contributed by atoms with E-state index >= 15 is 0 Å². The zero-order chi connectivity index (χ0) is 15.9. The van der Waals surface area contributed by atoms with Crippen molar-refractivity contribution in [1.82, 2.24) is 4.90 Å². The van der Waals surface area contributed by atoms with Gasteiger partial charge in [-0.1, -0.05) is 29.8 Å². The number of carbonyl (C=O) groups excluding carboxylic acids is 1. The van der Waals surface area contributed by atoms with E-state index in [0.29, 0.717) is 17.9 Å². The van der Waals surface area contributed by atoms with Crippen molar-refractivity contribution in [3.8, 4) is 0 Å². The Morgan fingerprint density at radius 3 is 2.36 bits per heavy atom. The zero-order valence-corrected chi connectivity index (χ0v) is 14.1. The van der Waals surface area contributed by atoms with Crippen LogP contribution >= 0.6 is 11.6 Å². The number of benzene rings is 1. The fourth-order valence-corrected chi connectivity index (χ4v) is 5.13. The van der Waals surface area contributed by atoms with Gasteiger partial charge in [0.1, 0.15) is 9.84 Å². The lowest BCUT2D eigenvalue weighted by Gasteiger charge is -2.38. The summed E-state index contributed by atoms with van der Waals surface area (Å²) in [4.78, 5) is 14.6. The largest absolute Gasteiger partial charge is 0.336 e. The molecule has 1 unspecified atom stereocenters. The van der Waals surface area contributed by atoms with Gasteiger partial charge in [-0.3, -0.25) is 4.79 Å². The smallest absolute Gasteiger partial charge is 0.227 e. The Balaban J connectivity index is 1.74. The van der Waals surface area contributed by atoms with Crippen LogP contribution < -0.4 is 0 Å². The molecule has 0 N–H and O–H groups in total. The molecule has 3 rings (SSSR count). The summed E-state index contributed by atoms with van der Waals surface area (Å²) in [5, 5.41) is 0.309. The Kier molecular flexibility index (Phi) is 4.21. The van der Waals surface area contributed by atoms with E-state index < -0.39 is 9.84 Å². The molecule has 2 bridgehead atoms. The monoisotopic (exact) mass is 341 g/mol. The number of carbonyl (C=O) groups is 1. The first kappa shape index (κ1) is 15.8. The second kappa shape index (κ2) is 5.85. The molecule has 1 aromatic carbocycles. The van der Waals surface area contributed by atoms with Gasteiger partial charge in [-0.25, -0.2) is 8.42 Å². The summed E-state index contributed by atoms with van der Waals surface area (Å²) in [5.74, 6) is 0.0625. The third kappa shape index (κ3) is 3.01. The van der Waals surface area contributed by atoms with Gasteiger partial charge in [-0.2, -0.15) is 0 Å². The highest BCUT2D eigenvalue weighted by Crippen LogP contribution is 2.38. The summed E-state index contributed by atoms with van der Waals surface area (Å²) < 4.78 is 23.6. The third-order valence-corrected chi connectivity index (χ3v) is 6.85. The summed E-state index contributed by atoms with van der Waals surface area (Å²) in [6.45, 7) is 0. The lowest BCUT2D eigenvalue weighted by atomic mass is 10.0. The fraction of sp³-hybridized carbons (Fsp3) is 0.562. The maximum Gasteiger partial charge on any atom is 0.227 e. The molecule has 22 heavy (non-hydrogen) atoms. The van der Waals surface area contributed by atoms with Crippen LogP contribution in [0, 0.1) is 0 Å². The first-order valence-corrected chi connectivity index (χ1v) is 9.93. The highest BCUT2D eigenvalue weighted by atomic mass is 35.5. The molecule has 0 radical (unpaired) electrons. The van der Waals surface area contributed by atoms with Crippen molar-refractivity contribution in [3.63, 3.8) is 0 Å². The van der Waals surface area contributed by atoms with Crippen LogP contribution in [0.25, 0.3) is 0 Å². The summed E-state index contributed by atoms with van der Waals surface area (Å²) >= 11 is 6.13. The molecule has 2 aliphatic heterocycles. The molecule has 2 fully saturated rings. The number of nitrogens with zero attached hydrogens (tertiary/aromatic N) is 1. The highest BCUT2D eigenvalue weighted by Gasteiger charge is 2.45. The average molecular weight is 342 g/mol. The van der Waals surface area contributed by atoms with Gasteiger partial charge in [-0.15, -0.1) is 0 Å². The van der Waals surface area contributed by atoms with Crippen LogP contribution in [0.5, 0.6) is 0 Å². The molecule has 6 heteroatoms.